The number of carbonyl (C=O) groups excluding carboxylic acids is 1. The number of ketones is 1. The molecule has 0 amide bonds. The molecule has 1 aromatic heterocycles. The van der Waals surface area contributed by atoms with Crippen molar-refractivity contribution in [3.8, 4) is 6.07 Å². The van der Waals surface area contributed by atoms with Crippen LogP contribution >= 0.6 is 0 Å². The number of benzene rings is 2. The minimum atomic E-state index is -0.394. The van der Waals surface area contributed by atoms with E-state index in [1.54, 1.807) is 4.68 Å². The van der Waals surface area contributed by atoms with Gasteiger partial charge in [0.2, 0.25) is 0 Å². The third kappa shape index (κ3) is 3.83. The molecule has 2 aromatic carbocycles. The summed E-state index contributed by atoms with van der Waals surface area (Å²) in [6, 6.07) is 22.0. The number of nitriles is 1. The molecule has 136 valence electrons. The molecule has 0 radical (unpaired) electrons. The van der Waals surface area contributed by atoms with Crippen LogP contribution in [0.15, 0.2) is 60.7 Å². The normalized spacial score (nSPS) is 13.0. The van der Waals surface area contributed by atoms with Crippen LogP contribution in [0.4, 0.5) is 0 Å². The van der Waals surface area contributed by atoms with Crippen molar-refractivity contribution in [2.75, 3.05) is 0 Å². The molecule has 27 heavy (non-hydrogen) atoms. The molecule has 0 aliphatic heterocycles. The minimum Gasteiger partial charge on any atom is -0.294 e. The molecule has 4 nitrogen and oxygen atoms in total. The highest BCUT2D eigenvalue weighted by Gasteiger charge is 2.29. The van der Waals surface area contributed by atoms with Crippen molar-refractivity contribution < 1.29 is 4.79 Å². The van der Waals surface area contributed by atoms with E-state index in [4.69, 9.17) is 0 Å². The maximum atomic E-state index is 13.2. The van der Waals surface area contributed by atoms with Gasteiger partial charge in [-0.25, -0.2) is 0 Å². The molecule has 4 heteroatoms. The van der Waals surface area contributed by atoms with Crippen LogP contribution in [-0.2, 0) is 7.05 Å². The summed E-state index contributed by atoms with van der Waals surface area (Å²) in [5.41, 5.74) is 4.20. The molecule has 1 heterocycles. The van der Waals surface area contributed by atoms with Crippen molar-refractivity contribution in [2.24, 2.45) is 7.05 Å². The predicted octanol–water partition coefficient (Wildman–Crippen LogP) is 4.70. The van der Waals surface area contributed by atoms with E-state index in [1.807, 2.05) is 81.6 Å². The van der Waals surface area contributed by atoms with E-state index in [-0.39, 0.29) is 18.1 Å². The Morgan fingerprint density at radius 3 is 2.07 bits per heavy atom. The van der Waals surface area contributed by atoms with Gasteiger partial charge >= 0.3 is 0 Å². The molecule has 3 aromatic rings. The quantitative estimate of drug-likeness (QED) is 0.601. The maximum absolute atomic E-state index is 13.2. The first kappa shape index (κ1) is 18.6. The molecule has 0 fully saturated rings. The van der Waals surface area contributed by atoms with Crippen LogP contribution in [0.5, 0.6) is 0 Å². The highest BCUT2D eigenvalue weighted by Crippen LogP contribution is 2.36. The van der Waals surface area contributed by atoms with Gasteiger partial charge in [-0.15, -0.1) is 0 Å². The lowest BCUT2D eigenvalue weighted by molar-refractivity contribution is 0.0970. The molecule has 0 aliphatic carbocycles. The molecule has 0 aliphatic rings. The van der Waals surface area contributed by atoms with Gasteiger partial charge in [0.25, 0.3) is 0 Å². The van der Waals surface area contributed by atoms with Gasteiger partial charge in [0.05, 0.1) is 23.2 Å². The van der Waals surface area contributed by atoms with E-state index in [1.165, 1.54) is 0 Å². The predicted molar refractivity (Wildman–Crippen MR) is 106 cm³/mol. The number of Topliss-reactive ketones (excluding diaryl/α,β-unsaturated/α-hetero) is 1. The second-order valence-electron chi connectivity index (χ2n) is 6.83. The van der Waals surface area contributed by atoms with Crippen LogP contribution in [0.25, 0.3) is 0 Å². The number of aromatic nitrogens is 2. The molecule has 3 rings (SSSR count). The van der Waals surface area contributed by atoms with E-state index in [9.17, 15) is 10.1 Å². The largest absolute Gasteiger partial charge is 0.294 e. The first-order valence-corrected chi connectivity index (χ1v) is 9.05. The Balaban J connectivity index is 2.01. The van der Waals surface area contributed by atoms with E-state index < -0.39 is 5.92 Å². The Morgan fingerprint density at radius 1 is 1.04 bits per heavy atom. The molecule has 0 saturated carbocycles. The maximum Gasteiger partial charge on any atom is 0.167 e. The zero-order valence-corrected chi connectivity index (χ0v) is 15.9. The standard InChI is InChI=1S/C23H23N3O/c1-16-23(17(2)26(3)25-16)22(27)14-20(18-10-6-4-7-11-18)21(15-24)19-12-8-5-9-13-19/h4-13,20-21H,14H2,1-3H3/t20-,21-/m1/s1. The Labute approximate surface area is 160 Å². The number of carbonyl (C=O) groups is 1. The molecule has 0 spiro atoms. The lowest BCUT2D eigenvalue weighted by Crippen LogP contribution is -2.16. The monoisotopic (exact) mass is 357 g/mol. The minimum absolute atomic E-state index is 0.0307. The van der Waals surface area contributed by atoms with Crippen LogP contribution < -0.4 is 0 Å². The molecular weight excluding hydrogens is 334 g/mol. The number of rotatable bonds is 6. The zero-order chi connectivity index (χ0) is 19.4. The van der Waals surface area contributed by atoms with Gasteiger partial charge in [0, 0.05) is 25.1 Å². The lowest BCUT2D eigenvalue weighted by Gasteiger charge is -2.22. The number of hydrogen-bond donors (Lipinski definition) is 0. The Bertz CT molecular complexity index is 968. The fourth-order valence-electron chi connectivity index (χ4n) is 3.66. The fourth-order valence-corrected chi connectivity index (χ4v) is 3.66. The lowest BCUT2D eigenvalue weighted by atomic mass is 9.78. The van der Waals surface area contributed by atoms with E-state index in [2.05, 4.69) is 11.2 Å². The third-order valence-electron chi connectivity index (χ3n) is 5.12. The summed E-state index contributed by atoms with van der Waals surface area (Å²) in [6.07, 6.45) is 0.268. The van der Waals surface area contributed by atoms with Crippen LogP contribution in [0.3, 0.4) is 0 Å². The van der Waals surface area contributed by atoms with E-state index >= 15 is 0 Å². The summed E-state index contributed by atoms with van der Waals surface area (Å²) in [5, 5.41) is 14.3. The van der Waals surface area contributed by atoms with Gasteiger partial charge in [-0.3, -0.25) is 9.48 Å². The summed E-state index contributed by atoms with van der Waals surface area (Å²) in [4.78, 5) is 13.2. The fraction of sp³-hybridized carbons (Fsp3) is 0.261. The second kappa shape index (κ2) is 8.01. The molecule has 0 N–H and O–H groups in total. The molecule has 0 unspecified atom stereocenters. The number of nitrogens with zero attached hydrogens (tertiary/aromatic N) is 3. The average molecular weight is 357 g/mol. The van der Waals surface area contributed by atoms with Crippen molar-refractivity contribution in [1.29, 1.82) is 5.26 Å². The topological polar surface area (TPSA) is 58.7 Å². The molecule has 2 atom stereocenters. The van der Waals surface area contributed by atoms with Crippen molar-refractivity contribution in [2.45, 2.75) is 32.1 Å². The van der Waals surface area contributed by atoms with E-state index in [0.717, 1.165) is 22.5 Å². The van der Waals surface area contributed by atoms with Crippen LogP contribution in [0, 0.1) is 25.2 Å². The second-order valence-corrected chi connectivity index (χ2v) is 6.83. The van der Waals surface area contributed by atoms with E-state index in [0.29, 0.717) is 5.56 Å². The summed E-state index contributed by atoms with van der Waals surface area (Å²) in [7, 11) is 1.84. The summed E-state index contributed by atoms with van der Waals surface area (Å²) in [6.45, 7) is 3.76. The number of aryl methyl sites for hydroxylation is 2. The smallest absolute Gasteiger partial charge is 0.167 e. The molecular formula is C23H23N3O. The van der Waals surface area contributed by atoms with Crippen molar-refractivity contribution in [3.05, 3.63) is 88.7 Å². The third-order valence-corrected chi connectivity index (χ3v) is 5.12. The first-order chi connectivity index (χ1) is 13.0. The summed E-state index contributed by atoms with van der Waals surface area (Å²) < 4.78 is 1.74. The van der Waals surface area contributed by atoms with Gasteiger partial charge in [0.15, 0.2) is 5.78 Å². The van der Waals surface area contributed by atoms with Crippen molar-refractivity contribution in [1.82, 2.24) is 9.78 Å². The SMILES string of the molecule is Cc1nn(C)c(C)c1C(=O)C[C@H](c1ccccc1)[C@H](C#N)c1ccccc1. The van der Waals surface area contributed by atoms with Gasteiger partial charge in [-0.1, -0.05) is 60.7 Å². The van der Waals surface area contributed by atoms with Crippen molar-refractivity contribution in [3.63, 3.8) is 0 Å². The Kier molecular flexibility index (Phi) is 5.52. The first-order valence-electron chi connectivity index (χ1n) is 9.05. The van der Waals surface area contributed by atoms with Crippen LogP contribution in [0.1, 0.15) is 51.1 Å². The average Bonchev–Trinajstić information content (AvgIpc) is 2.95. The Morgan fingerprint density at radius 2 is 1.59 bits per heavy atom. The number of hydrogen-bond acceptors (Lipinski definition) is 3. The van der Waals surface area contributed by atoms with Gasteiger partial charge in [-0.05, 0) is 25.0 Å². The van der Waals surface area contributed by atoms with Crippen LogP contribution in [0.2, 0.25) is 0 Å². The highest BCUT2D eigenvalue weighted by atomic mass is 16.1. The zero-order valence-electron chi connectivity index (χ0n) is 15.9. The van der Waals surface area contributed by atoms with Crippen molar-refractivity contribution >= 4 is 5.78 Å². The van der Waals surface area contributed by atoms with Gasteiger partial charge < -0.3 is 0 Å². The summed E-state index contributed by atoms with van der Waals surface area (Å²) in [5.74, 6) is -0.580. The molecule has 0 bridgehead atoms. The van der Waals surface area contributed by atoms with Gasteiger partial charge in [-0.2, -0.15) is 10.4 Å². The van der Waals surface area contributed by atoms with Gasteiger partial charge in [0.1, 0.15) is 0 Å². The highest BCUT2D eigenvalue weighted by molar-refractivity contribution is 5.98. The Hall–Kier alpha value is -3.19. The summed E-state index contributed by atoms with van der Waals surface area (Å²) >= 11 is 0. The van der Waals surface area contributed by atoms with Crippen LogP contribution in [-0.4, -0.2) is 15.6 Å². The molecule has 0 saturated heterocycles.